The van der Waals surface area contributed by atoms with Gasteiger partial charge in [-0.15, -0.1) is 0 Å². The molecule has 6 unspecified atom stereocenters. The van der Waals surface area contributed by atoms with E-state index in [-0.39, 0.29) is 0 Å². The molecule has 2 saturated carbocycles. The van der Waals surface area contributed by atoms with Crippen LogP contribution in [0.2, 0.25) is 0 Å². The number of rotatable bonds is 0. The molecule has 0 bridgehead atoms. The van der Waals surface area contributed by atoms with Crippen LogP contribution in [0.25, 0.3) is 0 Å². The molecule has 0 heterocycles. The van der Waals surface area contributed by atoms with Crippen LogP contribution in [0.1, 0.15) is 41.0 Å². The fourth-order valence-corrected chi connectivity index (χ4v) is 4.05. The highest BCUT2D eigenvalue weighted by Crippen LogP contribution is 2.67. The Hall–Kier alpha value is 0. The van der Waals surface area contributed by atoms with Crippen molar-refractivity contribution >= 4 is 0 Å². The summed E-state index contributed by atoms with van der Waals surface area (Å²) in [6.45, 7) is 12.3. The smallest absolute Gasteiger partial charge is 0.0241 e. The lowest BCUT2D eigenvalue weighted by atomic mass is 9.52. The second kappa shape index (κ2) is 2.27. The second-order valence-electron chi connectivity index (χ2n) is 5.62. The van der Waals surface area contributed by atoms with Crippen LogP contribution in [0.15, 0.2) is 0 Å². The molecule has 0 saturated heterocycles. The van der Waals surface area contributed by atoms with E-state index in [1.807, 2.05) is 0 Å². The average molecular weight is 166 g/mol. The van der Waals surface area contributed by atoms with Crippen molar-refractivity contribution in [2.45, 2.75) is 41.0 Å². The first kappa shape index (κ1) is 8.59. The Morgan fingerprint density at radius 3 is 1.92 bits per heavy atom. The van der Waals surface area contributed by atoms with Crippen LogP contribution in [0.5, 0.6) is 0 Å². The van der Waals surface area contributed by atoms with Gasteiger partial charge in [0.15, 0.2) is 0 Å². The van der Waals surface area contributed by atoms with Gasteiger partial charge in [0, 0.05) is 0 Å². The molecule has 0 N–H and O–H groups in total. The first-order valence-corrected chi connectivity index (χ1v) is 5.49. The van der Waals surface area contributed by atoms with Crippen molar-refractivity contribution in [3.63, 3.8) is 0 Å². The summed E-state index contributed by atoms with van der Waals surface area (Å²) in [6, 6.07) is 0. The average Bonchev–Trinajstić information content (AvgIpc) is 2.18. The molecular formula is C12H22. The fourth-order valence-electron chi connectivity index (χ4n) is 4.05. The van der Waals surface area contributed by atoms with Gasteiger partial charge in [0.05, 0.1) is 0 Å². The van der Waals surface area contributed by atoms with Crippen LogP contribution in [-0.2, 0) is 0 Å². The van der Waals surface area contributed by atoms with Crippen LogP contribution in [0.4, 0.5) is 0 Å². The van der Waals surface area contributed by atoms with Gasteiger partial charge in [-0.1, -0.05) is 34.6 Å². The molecule has 0 aromatic heterocycles. The Morgan fingerprint density at radius 1 is 1.00 bits per heavy atom. The fraction of sp³-hybridized carbons (Fsp3) is 1.00. The third-order valence-corrected chi connectivity index (χ3v) is 5.70. The van der Waals surface area contributed by atoms with E-state index in [9.17, 15) is 0 Å². The molecular weight excluding hydrogens is 144 g/mol. The highest BCUT2D eigenvalue weighted by atomic mass is 14.7. The zero-order chi connectivity index (χ0) is 9.09. The molecule has 0 nitrogen and oxygen atoms in total. The molecule has 0 heteroatoms. The van der Waals surface area contributed by atoms with Crippen molar-refractivity contribution in [1.82, 2.24) is 0 Å². The van der Waals surface area contributed by atoms with E-state index < -0.39 is 0 Å². The molecule has 2 aliphatic carbocycles. The maximum absolute atomic E-state index is 2.52. The standard InChI is InChI=1S/C12H22/c1-7-6-11-9(3)8(2)10(4)12(7,11)5/h7-11H,6H2,1-5H3. The van der Waals surface area contributed by atoms with E-state index in [4.69, 9.17) is 0 Å². The van der Waals surface area contributed by atoms with Crippen LogP contribution < -0.4 is 0 Å². The predicted molar refractivity (Wildman–Crippen MR) is 52.9 cm³/mol. The lowest BCUT2D eigenvalue weighted by Crippen LogP contribution is -2.46. The minimum Gasteiger partial charge on any atom is -0.0620 e. The van der Waals surface area contributed by atoms with E-state index >= 15 is 0 Å². The van der Waals surface area contributed by atoms with E-state index in [1.54, 1.807) is 0 Å². The molecule has 12 heavy (non-hydrogen) atoms. The molecule has 0 amide bonds. The normalized spacial score (nSPS) is 64.2. The summed E-state index contributed by atoms with van der Waals surface area (Å²) >= 11 is 0. The van der Waals surface area contributed by atoms with Gasteiger partial charge in [-0.25, -0.2) is 0 Å². The third kappa shape index (κ3) is 0.701. The lowest BCUT2D eigenvalue weighted by Gasteiger charge is -2.53. The molecule has 2 fully saturated rings. The highest BCUT2D eigenvalue weighted by Gasteiger charge is 2.61. The summed E-state index contributed by atoms with van der Waals surface area (Å²) < 4.78 is 0. The number of hydrogen-bond donors (Lipinski definition) is 0. The molecule has 6 atom stereocenters. The molecule has 0 aromatic carbocycles. The van der Waals surface area contributed by atoms with Gasteiger partial charge in [-0.3, -0.25) is 0 Å². The van der Waals surface area contributed by atoms with Gasteiger partial charge < -0.3 is 0 Å². The molecule has 0 spiro atoms. The van der Waals surface area contributed by atoms with Gasteiger partial charge in [0.25, 0.3) is 0 Å². The van der Waals surface area contributed by atoms with Crippen LogP contribution in [-0.4, -0.2) is 0 Å². The summed E-state index contributed by atoms with van der Waals surface area (Å²) in [7, 11) is 0. The van der Waals surface area contributed by atoms with Crippen molar-refractivity contribution in [2.75, 3.05) is 0 Å². The quantitative estimate of drug-likeness (QED) is 0.516. The highest BCUT2D eigenvalue weighted by molar-refractivity contribution is 5.09. The van der Waals surface area contributed by atoms with Gasteiger partial charge in [0.2, 0.25) is 0 Å². The molecule has 2 rings (SSSR count). The Kier molecular flexibility index (Phi) is 1.63. The Balaban J connectivity index is 2.28. The molecule has 0 aliphatic heterocycles. The van der Waals surface area contributed by atoms with Crippen molar-refractivity contribution in [3.05, 3.63) is 0 Å². The van der Waals surface area contributed by atoms with Crippen molar-refractivity contribution in [1.29, 1.82) is 0 Å². The molecule has 70 valence electrons. The predicted octanol–water partition coefficient (Wildman–Crippen LogP) is 3.57. The minimum absolute atomic E-state index is 0.693. The van der Waals surface area contributed by atoms with Gasteiger partial charge in [-0.05, 0) is 41.4 Å². The Morgan fingerprint density at radius 2 is 1.58 bits per heavy atom. The maximum atomic E-state index is 2.52. The Bertz CT molecular complexity index is 184. The van der Waals surface area contributed by atoms with E-state index in [2.05, 4.69) is 34.6 Å². The second-order valence-corrected chi connectivity index (χ2v) is 5.62. The van der Waals surface area contributed by atoms with Gasteiger partial charge >= 0.3 is 0 Å². The number of fused-ring (bicyclic) bond motifs is 1. The zero-order valence-corrected chi connectivity index (χ0v) is 9.09. The molecule has 0 aromatic rings. The van der Waals surface area contributed by atoms with Crippen molar-refractivity contribution < 1.29 is 0 Å². The third-order valence-electron chi connectivity index (χ3n) is 5.70. The van der Waals surface area contributed by atoms with Crippen LogP contribution >= 0.6 is 0 Å². The maximum Gasteiger partial charge on any atom is -0.0241 e. The largest absolute Gasteiger partial charge is 0.0620 e. The van der Waals surface area contributed by atoms with Crippen molar-refractivity contribution in [3.8, 4) is 0 Å². The van der Waals surface area contributed by atoms with E-state index in [0.29, 0.717) is 5.41 Å². The number of hydrogen-bond acceptors (Lipinski definition) is 0. The summed E-state index contributed by atoms with van der Waals surface area (Å²) in [6.07, 6.45) is 1.49. The Labute approximate surface area is 76.7 Å². The first-order chi connectivity index (χ1) is 5.49. The van der Waals surface area contributed by atoms with Crippen LogP contribution in [0.3, 0.4) is 0 Å². The van der Waals surface area contributed by atoms with Crippen LogP contribution in [0, 0.1) is 35.0 Å². The van der Waals surface area contributed by atoms with Gasteiger partial charge in [-0.2, -0.15) is 0 Å². The molecule has 2 aliphatic rings. The zero-order valence-electron chi connectivity index (χ0n) is 9.09. The lowest BCUT2D eigenvalue weighted by molar-refractivity contribution is -0.0418. The van der Waals surface area contributed by atoms with E-state index in [1.165, 1.54) is 6.42 Å². The summed E-state index contributed by atoms with van der Waals surface area (Å²) in [5.74, 6) is 4.88. The van der Waals surface area contributed by atoms with E-state index in [0.717, 1.165) is 29.6 Å². The molecule has 0 radical (unpaired) electrons. The SMILES string of the molecule is CC1C(C)C2CC(C)C2(C)C1C. The summed E-state index contributed by atoms with van der Waals surface area (Å²) in [5.41, 5.74) is 0.693. The monoisotopic (exact) mass is 166 g/mol. The minimum atomic E-state index is 0.693. The topological polar surface area (TPSA) is 0 Å². The van der Waals surface area contributed by atoms with Gasteiger partial charge in [0.1, 0.15) is 0 Å². The first-order valence-electron chi connectivity index (χ1n) is 5.49. The summed E-state index contributed by atoms with van der Waals surface area (Å²) in [4.78, 5) is 0. The summed E-state index contributed by atoms with van der Waals surface area (Å²) in [5, 5.41) is 0. The van der Waals surface area contributed by atoms with Crippen molar-refractivity contribution in [2.24, 2.45) is 35.0 Å².